The zero-order valence-corrected chi connectivity index (χ0v) is 13.9. The molecule has 25 heavy (non-hydrogen) atoms. The Morgan fingerprint density at radius 3 is 2.72 bits per heavy atom. The van der Waals surface area contributed by atoms with E-state index in [0.717, 1.165) is 35.1 Å². The smallest absolute Gasteiger partial charge is 0.234 e. The second-order valence-corrected chi connectivity index (χ2v) is 6.22. The minimum absolute atomic E-state index is 0.0822. The predicted octanol–water partition coefficient (Wildman–Crippen LogP) is 2.98. The van der Waals surface area contributed by atoms with Crippen LogP contribution >= 0.6 is 11.8 Å². The number of benzene rings is 2. The number of tetrazole rings is 1. The van der Waals surface area contributed by atoms with Gasteiger partial charge in [0.2, 0.25) is 5.91 Å². The Bertz CT molecular complexity index is 902. The lowest BCUT2D eigenvalue weighted by Gasteiger charge is -2.09. The molecule has 1 aromatic heterocycles. The molecule has 0 fully saturated rings. The zero-order valence-electron chi connectivity index (χ0n) is 13.1. The number of halogens is 2. The highest BCUT2D eigenvalue weighted by Crippen LogP contribution is 2.22. The van der Waals surface area contributed by atoms with Gasteiger partial charge in [-0.2, -0.15) is 0 Å². The van der Waals surface area contributed by atoms with Crippen molar-refractivity contribution < 1.29 is 13.6 Å². The van der Waals surface area contributed by atoms with Crippen LogP contribution < -0.4 is 5.32 Å². The third kappa shape index (κ3) is 4.18. The van der Waals surface area contributed by atoms with E-state index in [4.69, 9.17) is 0 Å². The van der Waals surface area contributed by atoms with Gasteiger partial charge >= 0.3 is 0 Å². The zero-order chi connectivity index (χ0) is 17.8. The lowest BCUT2D eigenvalue weighted by Crippen LogP contribution is -2.14. The van der Waals surface area contributed by atoms with Crippen molar-refractivity contribution in [2.24, 2.45) is 0 Å². The molecule has 3 aromatic rings. The van der Waals surface area contributed by atoms with Crippen molar-refractivity contribution in [3.05, 3.63) is 59.9 Å². The summed E-state index contributed by atoms with van der Waals surface area (Å²) >= 11 is 1.13. The maximum absolute atomic E-state index is 13.1. The summed E-state index contributed by atoms with van der Waals surface area (Å²) in [4.78, 5) is 12.5. The molecule has 0 aliphatic rings. The van der Waals surface area contributed by atoms with Crippen molar-refractivity contribution in [3.8, 4) is 5.69 Å². The normalized spacial score (nSPS) is 10.7. The highest BCUT2D eigenvalue weighted by atomic mass is 32.2. The molecule has 9 heteroatoms. The van der Waals surface area contributed by atoms with Crippen LogP contribution in [0.5, 0.6) is 0 Å². The van der Waals surface area contributed by atoms with Gasteiger partial charge in [0.15, 0.2) is 11.6 Å². The number of anilines is 1. The van der Waals surface area contributed by atoms with Gasteiger partial charge in [0, 0.05) is 10.6 Å². The molecule has 0 aliphatic carbocycles. The van der Waals surface area contributed by atoms with Crippen molar-refractivity contribution >= 4 is 23.4 Å². The second kappa shape index (κ2) is 7.39. The van der Waals surface area contributed by atoms with Crippen molar-refractivity contribution in [3.63, 3.8) is 0 Å². The number of amides is 1. The van der Waals surface area contributed by atoms with E-state index < -0.39 is 11.6 Å². The molecule has 2 aromatic carbocycles. The number of aryl methyl sites for hydroxylation is 1. The Labute approximate surface area is 146 Å². The van der Waals surface area contributed by atoms with Crippen molar-refractivity contribution in [1.82, 2.24) is 20.2 Å². The van der Waals surface area contributed by atoms with Crippen LogP contribution in [0.1, 0.15) is 5.56 Å². The van der Waals surface area contributed by atoms with E-state index in [0.29, 0.717) is 10.6 Å². The summed E-state index contributed by atoms with van der Waals surface area (Å²) in [6.45, 7) is 1.88. The third-order valence-corrected chi connectivity index (χ3v) is 4.33. The van der Waals surface area contributed by atoms with Gasteiger partial charge in [-0.05, 0) is 59.3 Å². The number of nitrogens with one attached hydrogen (secondary N) is 1. The molecule has 0 radical (unpaired) electrons. The van der Waals surface area contributed by atoms with Crippen LogP contribution in [-0.2, 0) is 4.79 Å². The molecule has 0 saturated heterocycles. The summed E-state index contributed by atoms with van der Waals surface area (Å²) in [6.07, 6.45) is 1.49. The van der Waals surface area contributed by atoms with Gasteiger partial charge in [-0.15, -0.1) is 16.9 Å². The molecular weight excluding hydrogens is 348 g/mol. The highest BCUT2D eigenvalue weighted by Gasteiger charge is 2.09. The molecular formula is C16H13F2N5OS. The van der Waals surface area contributed by atoms with E-state index in [1.807, 2.05) is 6.92 Å². The molecule has 3 rings (SSSR count). The van der Waals surface area contributed by atoms with Gasteiger partial charge in [0.25, 0.3) is 0 Å². The maximum Gasteiger partial charge on any atom is 0.234 e. The highest BCUT2D eigenvalue weighted by molar-refractivity contribution is 8.00. The standard InChI is InChI=1S/C16H13F2N5OS/c1-10-6-11(2-5-15(10)23-9-19-21-22-23)20-16(24)8-25-12-3-4-13(17)14(18)7-12/h2-7,9H,8H2,1H3,(H,20,24). The van der Waals surface area contributed by atoms with Crippen molar-refractivity contribution in [1.29, 1.82) is 0 Å². The predicted molar refractivity (Wildman–Crippen MR) is 89.6 cm³/mol. The number of hydrogen-bond acceptors (Lipinski definition) is 5. The Kier molecular flexibility index (Phi) is 5.03. The van der Waals surface area contributed by atoms with Gasteiger partial charge in [-0.1, -0.05) is 0 Å². The van der Waals surface area contributed by atoms with Crippen molar-refractivity contribution in [2.45, 2.75) is 11.8 Å². The molecule has 1 amide bonds. The van der Waals surface area contributed by atoms with Crippen LogP contribution in [0.15, 0.2) is 47.6 Å². The van der Waals surface area contributed by atoms with E-state index in [1.54, 1.807) is 18.2 Å². The first kappa shape index (κ1) is 17.0. The number of hydrogen-bond donors (Lipinski definition) is 1. The minimum Gasteiger partial charge on any atom is -0.325 e. The Morgan fingerprint density at radius 1 is 1.20 bits per heavy atom. The van der Waals surface area contributed by atoms with E-state index in [2.05, 4.69) is 20.8 Å². The average Bonchev–Trinajstić information content (AvgIpc) is 3.10. The Balaban J connectivity index is 1.61. The van der Waals surface area contributed by atoms with E-state index in [1.165, 1.54) is 17.1 Å². The van der Waals surface area contributed by atoms with E-state index in [-0.39, 0.29) is 11.7 Å². The molecule has 0 atom stereocenters. The maximum atomic E-state index is 13.1. The fraction of sp³-hybridized carbons (Fsp3) is 0.125. The van der Waals surface area contributed by atoms with Gasteiger partial charge in [-0.3, -0.25) is 4.79 Å². The number of carbonyl (C=O) groups excluding carboxylic acids is 1. The lowest BCUT2D eigenvalue weighted by atomic mass is 10.2. The second-order valence-electron chi connectivity index (χ2n) is 5.17. The molecule has 0 saturated carbocycles. The van der Waals surface area contributed by atoms with Gasteiger partial charge < -0.3 is 5.32 Å². The fourth-order valence-electron chi connectivity index (χ4n) is 2.17. The first-order valence-corrected chi connectivity index (χ1v) is 8.23. The molecule has 1 heterocycles. The lowest BCUT2D eigenvalue weighted by molar-refractivity contribution is -0.113. The number of nitrogens with zero attached hydrogens (tertiary/aromatic N) is 4. The quantitative estimate of drug-likeness (QED) is 0.708. The largest absolute Gasteiger partial charge is 0.325 e. The topological polar surface area (TPSA) is 72.7 Å². The number of carbonyl (C=O) groups is 1. The summed E-state index contributed by atoms with van der Waals surface area (Å²) in [7, 11) is 0. The van der Waals surface area contributed by atoms with Crippen LogP contribution in [0.3, 0.4) is 0 Å². The summed E-state index contributed by atoms with van der Waals surface area (Å²) in [5, 5.41) is 13.8. The average molecular weight is 361 g/mol. The van der Waals surface area contributed by atoms with Gasteiger partial charge in [0.05, 0.1) is 11.4 Å². The summed E-state index contributed by atoms with van der Waals surface area (Å²) < 4.78 is 27.6. The molecule has 0 spiro atoms. The Morgan fingerprint density at radius 2 is 2.04 bits per heavy atom. The van der Waals surface area contributed by atoms with E-state index in [9.17, 15) is 13.6 Å². The number of aromatic nitrogens is 4. The third-order valence-electron chi connectivity index (χ3n) is 3.34. The molecule has 6 nitrogen and oxygen atoms in total. The van der Waals surface area contributed by atoms with Crippen LogP contribution in [0.4, 0.5) is 14.5 Å². The number of rotatable bonds is 5. The van der Waals surface area contributed by atoms with E-state index >= 15 is 0 Å². The molecule has 1 N–H and O–H groups in total. The first-order chi connectivity index (χ1) is 12.0. The molecule has 0 bridgehead atoms. The van der Waals surface area contributed by atoms with Crippen LogP contribution in [0.2, 0.25) is 0 Å². The minimum atomic E-state index is -0.931. The van der Waals surface area contributed by atoms with Crippen LogP contribution in [0.25, 0.3) is 5.69 Å². The first-order valence-electron chi connectivity index (χ1n) is 7.24. The SMILES string of the molecule is Cc1cc(NC(=O)CSc2ccc(F)c(F)c2)ccc1-n1cnnn1. The van der Waals surface area contributed by atoms with Crippen LogP contribution in [-0.4, -0.2) is 31.9 Å². The molecule has 128 valence electrons. The van der Waals surface area contributed by atoms with Gasteiger partial charge in [-0.25, -0.2) is 13.5 Å². The van der Waals surface area contributed by atoms with Crippen molar-refractivity contribution in [2.75, 3.05) is 11.1 Å². The summed E-state index contributed by atoms with van der Waals surface area (Å²) in [6, 6.07) is 8.88. The van der Waals surface area contributed by atoms with Gasteiger partial charge in [0.1, 0.15) is 6.33 Å². The molecule has 0 unspecified atom stereocenters. The summed E-state index contributed by atoms with van der Waals surface area (Å²) in [5.74, 6) is -2.01. The monoisotopic (exact) mass is 361 g/mol. The van der Waals surface area contributed by atoms with Crippen LogP contribution in [0, 0.1) is 18.6 Å². The summed E-state index contributed by atoms with van der Waals surface area (Å²) in [5.41, 5.74) is 2.32. The molecule has 0 aliphatic heterocycles. The number of thioether (sulfide) groups is 1. The Hall–Kier alpha value is -2.81. The fourth-order valence-corrected chi connectivity index (χ4v) is 2.90.